The SMILES string of the molecule is COc1ccccc1/C=C/C(=O)NC(=S)Nc1ccc(S(=O)(=O)Nc2onc(C)c2C)cc1. The maximum Gasteiger partial charge on any atom is 0.264 e. The first kappa shape index (κ1) is 24.0. The Morgan fingerprint density at radius 3 is 2.45 bits per heavy atom. The van der Waals surface area contributed by atoms with Gasteiger partial charge in [0, 0.05) is 22.9 Å². The minimum absolute atomic E-state index is 0.0243. The van der Waals surface area contributed by atoms with Crippen molar-refractivity contribution in [2.75, 3.05) is 17.1 Å². The van der Waals surface area contributed by atoms with Gasteiger partial charge in [0.1, 0.15) is 5.75 Å². The van der Waals surface area contributed by atoms with E-state index in [1.165, 1.54) is 30.3 Å². The number of carbonyl (C=O) groups excluding carboxylic acids is 1. The van der Waals surface area contributed by atoms with Gasteiger partial charge >= 0.3 is 0 Å². The molecule has 0 unspecified atom stereocenters. The summed E-state index contributed by atoms with van der Waals surface area (Å²) in [5.41, 5.74) is 2.45. The van der Waals surface area contributed by atoms with Crippen LogP contribution in [0.15, 0.2) is 64.0 Å². The van der Waals surface area contributed by atoms with Gasteiger partial charge in [0.05, 0.1) is 17.7 Å². The Labute approximate surface area is 196 Å². The Kier molecular flexibility index (Phi) is 7.46. The number of hydrogen-bond acceptors (Lipinski definition) is 7. The number of ether oxygens (including phenoxy) is 1. The molecule has 1 aromatic heterocycles. The number of methoxy groups -OCH3 is 1. The van der Waals surface area contributed by atoms with Crippen molar-refractivity contribution in [1.82, 2.24) is 10.5 Å². The number of nitrogens with zero attached hydrogens (tertiary/aromatic N) is 1. The van der Waals surface area contributed by atoms with E-state index in [4.69, 9.17) is 21.5 Å². The van der Waals surface area contributed by atoms with Crippen molar-refractivity contribution >= 4 is 50.9 Å². The maximum absolute atomic E-state index is 12.6. The van der Waals surface area contributed by atoms with Crippen molar-refractivity contribution in [1.29, 1.82) is 0 Å². The Morgan fingerprint density at radius 2 is 1.82 bits per heavy atom. The molecule has 0 saturated carbocycles. The number of amides is 1. The molecule has 172 valence electrons. The lowest BCUT2D eigenvalue weighted by Crippen LogP contribution is -2.32. The minimum atomic E-state index is -3.86. The molecule has 9 nitrogen and oxygen atoms in total. The summed E-state index contributed by atoms with van der Waals surface area (Å²) in [4.78, 5) is 12.2. The number of benzene rings is 2. The van der Waals surface area contributed by atoms with Crippen LogP contribution >= 0.6 is 12.2 Å². The van der Waals surface area contributed by atoms with Crippen LogP contribution in [0.4, 0.5) is 11.6 Å². The van der Waals surface area contributed by atoms with Crippen molar-refractivity contribution in [3.63, 3.8) is 0 Å². The molecule has 11 heteroatoms. The van der Waals surface area contributed by atoms with Crippen LogP contribution in [0.3, 0.4) is 0 Å². The van der Waals surface area contributed by atoms with E-state index in [2.05, 4.69) is 20.5 Å². The third kappa shape index (κ3) is 6.18. The number of carbonyl (C=O) groups is 1. The van der Waals surface area contributed by atoms with E-state index in [-0.39, 0.29) is 15.9 Å². The first-order valence-corrected chi connectivity index (χ1v) is 11.6. The average molecular weight is 487 g/mol. The lowest BCUT2D eigenvalue weighted by molar-refractivity contribution is -0.115. The van der Waals surface area contributed by atoms with Crippen molar-refractivity contribution in [3.05, 3.63) is 71.4 Å². The van der Waals surface area contributed by atoms with Crippen LogP contribution in [-0.4, -0.2) is 31.7 Å². The van der Waals surface area contributed by atoms with Crippen molar-refractivity contribution in [2.24, 2.45) is 0 Å². The van der Waals surface area contributed by atoms with E-state index in [9.17, 15) is 13.2 Å². The zero-order valence-electron chi connectivity index (χ0n) is 18.1. The molecule has 3 N–H and O–H groups in total. The molecule has 0 bridgehead atoms. The van der Waals surface area contributed by atoms with Gasteiger partial charge in [-0.05, 0) is 62.5 Å². The lowest BCUT2D eigenvalue weighted by Gasteiger charge is -2.10. The summed E-state index contributed by atoms with van der Waals surface area (Å²) in [6.07, 6.45) is 2.95. The van der Waals surface area contributed by atoms with Crippen LogP contribution in [0.1, 0.15) is 16.8 Å². The van der Waals surface area contributed by atoms with Gasteiger partial charge in [0.2, 0.25) is 11.8 Å². The number of sulfonamides is 1. The van der Waals surface area contributed by atoms with E-state index in [1.807, 2.05) is 18.2 Å². The van der Waals surface area contributed by atoms with E-state index in [0.29, 0.717) is 22.7 Å². The third-order valence-corrected chi connectivity index (χ3v) is 6.15. The fraction of sp³-hybridized carbons (Fsp3) is 0.136. The maximum atomic E-state index is 12.6. The normalized spacial score (nSPS) is 11.2. The lowest BCUT2D eigenvalue weighted by atomic mass is 10.2. The van der Waals surface area contributed by atoms with Gasteiger partial charge in [0.25, 0.3) is 10.0 Å². The summed E-state index contributed by atoms with van der Waals surface area (Å²) in [6.45, 7) is 3.42. The standard InChI is InChI=1S/C22H22N4O5S2/c1-14-15(2)25-31-21(14)26-33(28,29)18-11-9-17(10-12-18)23-22(32)24-20(27)13-8-16-6-4-5-7-19(16)30-3/h4-13,26H,1-3H3,(H2,23,24,27,32)/b13-8+. The molecule has 1 amide bonds. The highest BCUT2D eigenvalue weighted by Gasteiger charge is 2.19. The molecule has 0 spiro atoms. The smallest absolute Gasteiger partial charge is 0.264 e. The van der Waals surface area contributed by atoms with Crippen molar-refractivity contribution in [3.8, 4) is 5.75 Å². The summed E-state index contributed by atoms with van der Waals surface area (Å²) in [6, 6.07) is 13.1. The van der Waals surface area contributed by atoms with Crippen LogP contribution in [0, 0.1) is 13.8 Å². The average Bonchev–Trinajstić information content (AvgIpc) is 3.09. The van der Waals surface area contributed by atoms with Crippen LogP contribution in [0.25, 0.3) is 6.08 Å². The molecular formula is C22H22N4O5S2. The molecule has 0 aliphatic heterocycles. The van der Waals surface area contributed by atoms with Gasteiger partial charge in [0.15, 0.2) is 5.11 Å². The number of nitrogens with one attached hydrogen (secondary N) is 3. The van der Waals surface area contributed by atoms with E-state index in [1.54, 1.807) is 33.1 Å². The molecule has 0 aliphatic carbocycles. The van der Waals surface area contributed by atoms with Crippen LogP contribution in [0.5, 0.6) is 5.75 Å². The van der Waals surface area contributed by atoms with Gasteiger partial charge in [-0.15, -0.1) is 0 Å². The Morgan fingerprint density at radius 1 is 1.12 bits per heavy atom. The predicted molar refractivity (Wildman–Crippen MR) is 130 cm³/mol. The van der Waals surface area contributed by atoms with Gasteiger partial charge in [-0.1, -0.05) is 23.4 Å². The number of aromatic nitrogens is 1. The molecule has 0 radical (unpaired) electrons. The molecule has 2 aromatic carbocycles. The molecule has 3 rings (SSSR count). The monoisotopic (exact) mass is 486 g/mol. The number of para-hydroxylation sites is 1. The van der Waals surface area contributed by atoms with E-state index in [0.717, 1.165) is 5.56 Å². The van der Waals surface area contributed by atoms with E-state index < -0.39 is 15.9 Å². The quantitative estimate of drug-likeness (QED) is 0.342. The molecule has 1 heterocycles. The van der Waals surface area contributed by atoms with Gasteiger partial charge in [-0.3, -0.25) is 10.1 Å². The van der Waals surface area contributed by atoms with Gasteiger partial charge in [-0.2, -0.15) is 0 Å². The molecule has 0 fully saturated rings. The number of aryl methyl sites for hydroxylation is 1. The van der Waals surface area contributed by atoms with Gasteiger partial charge < -0.3 is 14.6 Å². The predicted octanol–water partition coefficient (Wildman–Crippen LogP) is 3.63. The summed E-state index contributed by atoms with van der Waals surface area (Å²) in [5.74, 6) is 0.277. The molecule has 33 heavy (non-hydrogen) atoms. The largest absolute Gasteiger partial charge is 0.496 e. The topological polar surface area (TPSA) is 123 Å². The molecular weight excluding hydrogens is 464 g/mol. The number of anilines is 2. The zero-order valence-corrected chi connectivity index (χ0v) is 19.7. The second-order valence-electron chi connectivity index (χ2n) is 6.87. The molecule has 0 aliphatic rings. The molecule has 0 atom stereocenters. The summed E-state index contributed by atoms with van der Waals surface area (Å²) < 4.78 is 37.7. The van der Waals surface area contributed by atoms with Gasteiger partial charge in [-0.25, -0.2) is 13.1 Å². The minimum Gasteiger partial charge on any atom is -0.496 e. The molecule has 3 aromatic rings. The first-order valence-electron chi connectivity index (χ1n) is 9.68. The second-order valence-corrected chi connectivity index (χ2v) is 8.96. The number of rotatable bonds is 7. The fourth-order valence-corrected chi connectivity index (χ4v) is 3.96. The second kappa shape index (κ2) is 10.3. The highest BCUT2D eigenvalue weighted by Crippen LogP contribution is 2.22. The Bertz CT molecular complexity index is 1300. The number of hydrogen-bond donors (Lipinski definition) is 3. The first-order chi connectivity index (χ1) is 15.7. The Balaban J connectivity index is 1.59. The highest BCUT2D eigenvalue weighted by molar-refractivity contribution is 7.92. The van der Waals surface area contributed by atoms with E-state index >= 15 is 0 Å². The Hall–Kier alpha value is -3.70. The van der Waals surface area contributed by atoms with Crippen molar-refractivity contribution < 1.29 is 22.5 Å². The molecule has 0 saturated heterocycles. The van der Waals surface area contributed by atoms with Crippen LogP contribution in [0.2, 0.25) is 0 Å². The third-order valence-electron chi connectivity index (χ3n) is 4.60. The summed E-state index contributed by atoms with van der Waals surface area (Å²) >= 11 is 5.15. The van der Waals surface area contributed by atoms with Crippen LogP contribution in [-0.2, 0) is 14.8 Å². The van der Waals surface area contributed by atoms with Crippen LogP contribution < -0.4 is 20.1 Å². The summed E-state index contributed by atoms with van der Waals surface area (Å²) in [7, 11) is -2.31. The summed E-state index contributed by atoms with van der Waals surface area (Å²) in [5, 5.41) is 9.15. The number of thiocarbonyl (C=S) groups is 1. The highest BCUT2D eigenvalue weighted by atomic mass is 32.2. The van der Waals surface area contributed by atoms with Crippen molar-refractivity contribution in [2.45, 2.75) is 18.7 Å². The zero-order chi connectivity index (χ0) is 24.0. The fourth-order valence-electron chi connectivity index (χ4n) is 2.69.